The molecule has 0 saturated heterocycles. The molecule has 1 aromatic heterocycles. The lowest BCUT2D eigenvalue weighted by molar-refractivity contribution is 0.373. The quantitative estimate of drug-likeness (QED) is 0.672. The number of aryl methyl sites for hydroxylation is 1. The predicted octanol–water partition coefficient (Wildman–Crippen LogP) is 2.04. The summed E-state index contributed by atoms with van der Waals surface area (Å²) in [5.41, 5.74) is 0.165. The molecule has 0 aromatic carbocycles. The highest BCUT2D eigenvalue weighted by Crippen LogP contribution is 2.21. The van der Waals surface area contributed by atoms with Gasteiger partial charge in [-0.15, -0.1) is 0 Å². The van der Waals surface area contributed by atoms with Crippen LogP contribution in [-0.2, 0) is 11.8 Å². The predicted molar refractivity (Wildman–Crippen MR) is 44.5 cm³/mol. The Kier molecular flexibility index (Phi) is 2.18. The van der Waals surface area contributed by atoms with Crippen LogP contribution in [0.2, 0.25) is 0 Å². The van der Waals surface area contributed by atoms with Crippen LogP contribution in [0.3, 0.4) is 0 Å². The second kappa shape index (κ2) is 2.98. The van der Waals surface area contributed by atoms with E-state index in [1.807, 2.05) is 26.8 Å². The number of rotatable bonds is 2. The number of nitriles is 1. The van der Waals surface area contributed by atoms with E-state index in [-0.39, 0.29) is 0 Å². The van der Waals surface area contributed by atoms with Crippen molar-refractivity contribution in [2.24, 2.45) is 0 Å². The van der Waals surface area contributed by atoms with Gasteiger partial charge in [0.25, 0.3) is 0 Å². The standard InChI is InChI=1S/C9H12N2O/c1-4-7-5-8(11-12-7)9(2,3)6-10/h5H,4H2,1-3H3. The van der Waals surface area contributed by atoms with Crippen molar-refractivity contribution in [1.82, 2.24) is 5.16 Å². The van der Waals surface area contributed by atoms with Gasteiger partial charge in [0, 0.05) is 12.5 Å². The average Bonchev–Trinajstić information content (AvgIpc) is 2.52. The summed E-state index contributed by atoms with van der Waals surface area (Å²) in [6.45, 7) is 5.64. The van der Waals surface area contributed by atoms with Crippen molar-refractivity contribution in [1.29, 1.82) is 5.26 Å². The minimum atomic E-state index is -0.545. The van der Waals surface area contributed by atoms with Gasteiger partial charge < -0.3 is 4.52 Å². The van der Waals surface area contributed by atoms with Crippen LogP contribution in [0, 0.1) is 11.3 Å². The maximum absolute atomic E-state index is 8.80. The van der Waals surface area contributed by atoms with Gasteiger partial charge in [-0.3, -0.25) is 0 Å². The first-order valence-corrected chi connectivity index (χ1v) is 3.97. The van der Waals surface area contributed by atoms with Gasteiger partial charge in [0.2, 0.25) is 0 Å². The van der Waals surface area contributed by atoms with Crippen molar-refractivity contribution in [2.75, 3.05) is 0 Å². The molecule has 0 amide bonds. The lowest BCUT2D eigenvalue weighted by Gasteiger charge is -2.08. The van der Waals surface area contributed by atoms with Crippen LogP contribution in [0.1, 0.15) is 32.2 Å². The van der Waals surface area contributed by atoms with Gasteiger partial charge in [0.05, 0.1) is 11.5 Å². The molecule has 3 nitrogen and oxygen atoms in total. The molecule has 0 aliphatic carbocycles. The topological polar surface area (TPSA) is 49.8 Å². The first-order valence-electron chi connectivity index (χ1n) is 3.97. The molecule has 1 heterocycles. The molecule has 0 saturated carbocycles. The Bertz CT molecular complexity index is 307. The molecule has 12 heavy (non-hydrogen) atoms. The summed E-state index contributed by atoms with van der Waals surface area (Å²) in [7, 11) is 0. The summed E-state index contributed by atoms with van der Waals surface area (Å²) in [6.07, 6.45) is 0.814. The molecule has 0 aliphatic rings. The normalized spacial score (nSPS) is 11.2. The smallest absolute Gasteiger partial charge is 0.136 e. The first kappa shape index (κ1) is 8.79. The molecule has 0 aliphatic heterocycles. The van der Waals surface area contributed by atoms with Crippen LogP contribution in [-0.4, -0.2) is 5.16 Å². The zero-order valence-corrected chi connectivity index (χ0v) is 7.59. The van der Waals surface area contributed by atoms with E-state index in [0.29, 0.717) is 5.69 Å². The number of nitrogens with zero attached hydrogens (tertiary/aromatic N) is 2. The molecule has 0 unspecified atom stereocenters. The Labute approximate surface area is 72.0 Å². The summed E-state index contributed by atoms with van der Waals surface area (Å²) in [5.74, 6) is 0.827. The third-order valence-corrected chi connectivity index (χ3v) is 1.83. The van der Waals surface area contributed by atoms with Crippen molar-refractivity contribution in [2.45, 2.75) is 32.6 Å². The second-order valence-corrected chi connectivity index (χ2v) is 3.27. The molecule has 0 atom stereocenters. The minimum Gasteiger partial charge on any atom is -0.361 e. The van der Waals surface area contributed by atoms with Crippen LogP contribution in [0.25, 0.3) is 0 Å². The van der Waals surface area contributed by atoms with Crippen molar-refractivity contribution in [3.63, 3.8) is 0 Å². The highest BCUT2D eigenvalue weighted by atomic mass is 16.5. The lowest BCUT2D eigenvalue weighted by atomic mass is 9.91. The monoisotopic (exact) mass is 164 g/mol. The molecule has 0 fully saturated rings. The second-order valence-electron chi connectivity index (χ2n) is 3.27. The van der Waals surface area contributed by atoms with E-state index in [1.54, 1.807) is 0 Å². The molecule has 0 N–H and O–H groups in total. The summed E-state index contributed by atoms with van der Waals surface area (Å²) in [4.78, 5) is 0. The fourth-order valence-corrected chi connectivity index (χ4v) is 0.831. The third-order valence-electron chi connectivity index (χ3n) is 1.83. The lowest BCUT2D eigenvalue weighted by Crippen LogP contribution is -2.13. The third kappa shape index (κ3) is 1.48. The van der Waals surface area contributed by atoms with Gasteiger partial charge in [-0.25, -0.2) is 0 Å². The van der Waals surface area contributed by atoms with Crippen LogP contribution < -0.4 is 0 Å². The summed E-state index contributed by atoms with van der Waals surface area (Å²) in [5, 5.41) is 12.6. The van der Waals surface area contributed by atoms with Crippen LogP contribution in [0.15, 0.2) is 10.6 Å². The highest BCUT2D eigenvalue weighted by molar-refractivity contribution is 5.23. The molecule has 0 radical (unpaired) electrons. The maximum atomic E-state index is 8.80. The van der Waals surface area contributed by atoms with Gasteiger partial charge in [0.15, 0.2) is 0 Å². The van der Waals surface area contributed by atoms with E-state index in [4.69, 9.17) is 9.78 Å². The molecule has 1 rings (SSSR count). The van der Waals surface area contributed by atoms with Gasteiger partial charge in [-0.05, 0) is 13.8 Å². The molecule has 1 aromatic rings. The van der Waals surface area contributed by atoms with Gasteiger partial charge in [0.1, 0.15) is 11.5 Å². The summed E-state index contributed by atoms with van der Waals surface area (Å²) in [6, 6.07) is 4.01. The zero-order chi connectivity index (χ0) is 9.19. The van der Waals surface area contributed by atoms with Crippen molar-refractivity contribution in [3.8, 4) is 6.07 Å². The number of hydrogen-bond acceptors (Lipinski definition) is 3. The number of hydrogen-bond donors (Lipinski definition) is 0. The van der Waals surface area contributed by atoms with E-state index >= 15 is 0 Å². The fourth-order valence-electron chi connectivity index (χ4n) is 0.831. The van der Waals surface area contributed by atoms with Crippen LogP contribution in [0.4, 0.5) is 0 Å². The Morgan fingerprint density at radius 3 is 2.75 bits per heavy atom. The van der Waals surface area contributed by atoms with Crippen molar-refractivity contribution < 1.29 is 4.52 Å². The van der Waals surface area contributed by atoms with E-state index in [2.05, 4.69) is 11.2 Å². The van der Waals surface area contributed by atoms with Crippen molar-refractivity contribution in [3.05, 3.63) is 17.5 Å². The van der Waals surface area contributed by atoms with Crippen molar-refractivity contribution >= 4 is 0 Å². The Balaban J connectivity index is 2.98. The molecule has 0 bridgehead atoms. The molecular formula is C9H12N2O. The van der Waals surface area contributed by atoms with E-state index in [0.717, 1.165) is 12.2 Å². The molecule has 64 valence electrons. The zero-order valence-electron chi connectivity index (χ0n) is 7.59. The van der Waals surface area contributed by atoms with E-state index < -0.39 is 5.41 Å². The summed E-state index contributed by atoms with van der Waals surface area (Å²) >= 11 is 0. The van der Waals surface area contributed by atoms with E-state index in [1.165, 1.54) is 0 Å². The average molecular weight is 164 g/mol. The van der Waals surface area contributed by atoms with Crippen LogP contribution >= 0.6 is 0 Å². The Morgan fingerprint density at radius 1 is 1.67 bits per heavy atom. The van der Waals surface area contributed by atoms with Gasteiger partial charge >= 0.3 is 0 Å². The number of aromatic nitrogens is 1. The Morgan fingerprint density at radius 2 is 2.33 bits per heavy atom. The first-order chi connectivity index (χ1) is 5.60. The minimum absolute atomic E-state index is 0.545. The van der Waals surface area contributed by atoms with Gasteiger partial charge in [-0.1, -0.05) is 12.1 Å². The fraction of sp³-hybridized carbons (Fsp3) is 0.556. The molecule has 3 heteroatoms. The highest BCUT2D eigenvalue weighted by Gasteiger charge is 2.23. The van der Waals surface area contributed by atoms with Crippen LogP contribution in [0.5, 0.6) is 0 Å². The van der Waals surface area contributed by atoms with E-state index in [9.17, 15) is 0 Å². The largest absolute Gasteiger partial charge is 0.361 e. The van der Waals surface area contributed by atoms with Gasteiger partial charge in [-0.2, -0.15) is 5.26 Å². The summed E-state index contributed by atoms with van der Waals surface area (Å²) < 4.78 is 5.00. The maximum Gasteiger partial charge on any atom is 0.136 e. The molecular weight excluding hydrogens is 152 g/mol. The molecule has 0 spiro atoms. The SMILES string of the molecule is CCc1cc(C(C)(C)C#N)no1. The Hall–Kier alpha value is -1.30.